The first-order valence-electron chi connectivity index (χ1n) is 4.97. The molecule has 0 aromatic rings. The number of carbonyl (C=O) groups is 1. The predicted octanol–water partition coefficient (Wildman–Crippen LogP) is 0.933. The van der Waals surface area contributed by atoms with Crippen molar-refractivity contribution >= 4 is 5.97 Å². The number of alkyl halides is 3. The van der Waals surface area contributed by atoms with Gasteiger partial charge in [-0.3, -0.25) is 9.69 Å². The molecule has 2 N–H and O–H groups in total. The lowest BCUT2D eigenvalue weighted by Gasteiger charge is -2.23. The Morgan fingerprint density at radius 1 is 1.50 bits per heavy atom. The van der Waals surface area contributed by atoms with Crippen molar-refractivity contribution in [3.63, 3.8) is 0 Å². The van der Waals surface area contributed by atoms with E-state index < -0.39 is 24.7 Å². The van der Waals surface area contributed by atoms with Crippen molar-refractivity contribution in [2.24, 2.45) is 0 Å². The second-order valence-electron chi connectivity index (χ2n) is 3.66. The number of halogens is 3. The molecule has 0 aliphatic heterocycles. The number of hydrogen-bond donors (Lipinski definition) is 2. The molecule has 0 saturated carbocycles. The molecule has 4 nitrogen and oxygen atoms in total. The summed E-state index contributed by atoms with van der Waals surface area (Å²) in [6.45, 7) is 1.04. The van der Waals surface area contributed by atoms with Crippen LogP contribution >= 0.6 is 0 Å². The largest absolute Gasteiger partial charge is 0.480 e. The van der Waals surface area contributed by atoms with E-state index in [4.69, 9.17) is 5.11 Å². The SMILES string of the molecule is CCCNC(CN(C)CC(F)(F)F)C(=O)O. The van der Waals surface area contributed by atoms with Crippen molar-refractivity contribution in [3.8, 4) is 0 Å². The zero-order valence-electron chi connectivity index (χ0n) is 9.34. The van der Waals surface area contributed by atoms with E-state index >= 15 is 0 Å². The Balaban J connectivity index is 4.13. The van der Waals surface area contributed by atoms with Crippen LogP contribution in [0.2, 0.25) is 0 Å². The third kappa shape index (κ3) is 7.47. The average molecular weight is 242 g/mol. The Hall–Kier alpha value is -0.820. The van der Waals surface area contributed by atoms with Gasteiger partial charge in [-0.25, -0.2) is 0 Å². The fourth-order valence-electron chi connectivity index (χ4n) is 1.23. The van der Waals surface area contributed by atoms with Gasteiger partial charge in [-0.15, -0.1) is 0 Å². The molecule has 0 aromatic carbocycles. The Bertz CT molecular complexity index is 221. The summed E-state index contributed by atoms with van der Waals surface area (Å²) in [6, 6.07) is -0.965. The Morgan fingerprint density at radius 3 is 2.44 bits per heavy atom. The van der Waals surface area contributed by atoms with Crippen LogP contribution in [0, 0.1) is 0 Å². The van der Waals surface area contributed by atoms with Crippen LogP contribution in [-0.2, 0) is 4.79 Å². The minimum atomic E-state index is -4.30. The first-order chi connectivity index (χ1) is 7.26. The van der Waals surface area contributed by atoms with Crippen LogP contribution in [0.15, 0.2) is 0 Å². The maximum atomic E-state index is 12.0. The molecule has 0 amide bonds. The van der Waals surface area contributed by atoms with Gasteiger partial charge in [-0.05, 0) is 20.0 Å². The summed E-state index contributed by atoms with van der Waals surface area (Å²) in [5, 5.41) is 11.5. The normalized spacial score (nSPS) is 14.1. The van der Waals surface area contributed by atoms with Gasteiger partial charge in [0.25, 0.3) is 0 Å². The maximum absolute atomic E-state index is 12.0. The number of nitrogens with zero attached hydrogens (tertiary/aromatic N) is 1. The highest BCUT2D eigenvalue weighted by Gasteiger charge is 2.30. The van der Waals surface area contributed by atoms with E-state index in [1.807, 2.05) is 6.92 Å². The molecule has 1 atom stereocenters. The van der Waals surface area contributed by atoms with E-state index in [0.29, 0.717) is 6.54 Å². The molecule has 1 unspecified atom stereocenters. The molecule has 16 heavy (non-hydrogen) atoms. The standard InChI is InChI=1S/C9H17F3N2O2/c1-3-4-13-7(8(15)16)5-14(2)6-9(10,11)12/h7,13H,3-6H2,1-2H3,(H,15,16). The first-order valence-corrected chi connectivity index (χ1v) is 4.97. The van der Waals surface area contributed by atoms with Gasteiger partial charge >= 0.3 is 12.1 Å². The van der Waals surface area contributed by atoms with E-state index in [1.54, 1.807) is 0 Å². The van der Waals surface area contributed by atoms with Crippen LogP contribution in [0.1, 0.15) is 13.3 Å². The molecule has 0 heterocycles. The van der Waals surface area contributed by atoms with E-state index in [-0.39, 0.29) is 6.54 Å². The third-order valence-electron chi connectivity index (χ3n) is 1.88. The van der Waals surface area contributed by atoms with Crippen molar-refractivity contribution < 1.29 is 23.1 Å². The van der Waals surface area contributed by atoms with Gasteiger partial charge in [0.05, 0.1) is 6.54 Å². The highest BCUT2D eigenvalue weighted by Crippen LogP contribution is 2.15. The lowest BCUT2D eigenvalue weighted by atomic mass is 10.2. The Kier molecular flexibility index (Phi) is 6.35. The number of aliphatic carboxylic acids is 1. The van der Waals surface area contributed by atoms with Crippen LogP contribution in [0.5, 0.6) is 0 Å². The highest BCUT2D eigenvalue weighted by atomic mass is 19.4. The summed E-state index contributed by atoms with van der Waals surface area (Å²) in [4.78, 5) is 11.7. The van der Waals surface area contributed by atoms with E-state index in [1.165, 1.54) is 7.05 Å². The Labute approximate surface area is 92.4 Å². The van der Waals surface area contributed by atoms with Crippen molar-refractivity contribution in [3.05, 3.63) is 0 Å². The summed E-state index contributed by atoms with van der Waals surface area (Å²) >= 11 is 0. The highest BCUT2D eigenvalue weighted by molar-refractivity contribution is 5.73. The van der Waals surface area contributed by atoms with E-state index in [9.17, 15) is 18.0 Å². The van der Waals surface area contributed by atoms with Crippen molar-refractivity contribution in [1.82, 2.24) is 10.2 Å². The minimum Gasteiger partial charge on any atom is -0.480 e. The van der Waals surface area contributed by atoms with Crippen LogP contribution in [0.25, 0.3) is 0 Å². The molecule has 96 valence electrons. The number of hydrogen-bond acceptors (Lipinski definition) is 3. The molecule has 0 radical (unpaired) electrons. The number of rotatable bonds is 7. The van der Waals surface area contributed by atoms with Crippen LogP contribution in [0.4, 0.5) is 13.2 Å². The number of carboxylic acid groups (broad SMARTS) is 1. The fourth-order valence-corrected chi connectivity index (χ4v) is 1.23. The van der Waals surface area contributed by atoms with Crippen molar-refractivity contribution in [2.45, 2.75) is 25.6 Å². The molecular weight excluding hydrogens is 225 g/mol. The first kappa shape index (κ1) is 15.2. The van der Waals surface area contributed by atoms with Gasteiger partial charge in [-0.2, -0.15) is 13.2 Å². The van der Waals surface area contributed by atoms with E-state index in [2.05, 4.69) is 5.32 Å². The van der Waals surface area contributed by atoms with Gasteiger partial charge in [-0.1, -0.05) is 6.92 Å². The molecule has 7 heteroatoms. The van der Waals surface area contributed by atoms with Crippen molar-refractivity contribution in [1.29, 1.82) is 0 Å². The molecule has 0 aliphatic carbocycles. The van der Waals surface area contributed by atoms with Crippen molar-refractivity contribution in [2.75, 3.05) is 26.7 Å². The summed E-state index contributed by atoms with van der Waals surface area (Å²) in [5.41, 5.74) is 0. The quantitative estimate of drug-likeness (QED) is 0.697. The van der Waals surface area contributed by atoms with Gasteiger partial charge in [0, 0.05) is 6.54 Å². The van der Waals surface area contributed by atoms with Crippen LogP contribution in [-0.4, -0.2) is 54.9 Å². The number of carboxylic acids is 1. The third-order valence-corrected chi connectivity index (χ3v) is 1.88. The van der Waals surface area contributed by atoms with Crippen LogP contribution in [0.3, 0.4) is 0 Å². The zero-order chi connectivity index (χ0) is 12.8. The lowest BCUT2D eigenvalue weighted by Crippen LogP contribution is -2.47. The molecule has 0 aliphatic rings. The van der Waals surface area contributed by atoms with Gasteiger partial charge in [0.2, 0.25) is 0 Å². The van der Waals surface area contributed by atoms with Gasteiger partial charge in [0.1, 0.15) is 6.04 Å². The minimum absolute atomic E-state index is 0.172. The predicted molar refractivity (Wildman–Crippen MR) is 53.3 cm³/mol. The smallest absolute Gasteiger partial charge is 0.401 e. The fraction of sp³-hybridized carbons (Fsp3) is 0.889. The average Bonchev–Trinajstić information content (AvgIpc) is 2.08. The number of likely N-dealkylation sites (N-methyl/N-ethyl adjacent to an activating group) is 1. The molecule has 0 spiro atoms. The number of nitrogens with one attached hydrogen (secondary N) is 1. The monoisotopic (exact) mass is 242 g/mol. The molecule has 0 aromatic heterocycles. The zero-order valence-corrected chi connectivity index (χ0v) is 9.34. The molecule has 0 fully saturated rings. The summed E-state index contributed by atoms with van der Waals surface area (Å²) in [7, 11) is 1.25. The van der Waals surface area contributed by atoms with Crippen LogP contribution < -0.4 is 5.32 Å². The topological polar surface area (TPSA) is 52.6 Å². The summed E-state index contributed by atoms with van der Waals surface area (Å²) in [5.74, 6) is -1.14. The molecular formula is C9H17F3N2O2. The Morgan fingerprint density at radius 2 is 2.06 bits per heavy atom. The molecule has 0 rings (SSSR count). The van der Waals surface area contributed by atoms with Gasteiger partial charge < -0.3 is 10.4 Å². The van der Waals surface area contributed by atoms with E-state index in [0.717, 1.165) is 11.3 Å². The maximum Gasteiger partial charge on any atom is 0.401 e. The summed E-state index contributed by atoms with van der Waals surface area (Å²) in [6.07, 6.45) is -3.57. The summed E-state index contributed by atoms with van der Waals surface area (Å²) < 4.78 is 36.0. The molecule has 0 saturated heterocycles. The van der Waals surface area contributed by atoms with Gasteiger partial charge in [0.15, 0.2) is 0 Å². The molecule has 0 bridgehead atoms. The second-order valence-corrected chi connectivity index (χ2v) is 3.66. The lowest BCUT2D eigenvalue weighted by molar-refractivity contribution is -0.149. The second kappa shape index (κ2) is 6.70.